The van der Waals surface area contributed by atoms with Crippen molar-refractivity contribution in [1.29, 1.82) is 0 Å². The molecule has 1 heterocycles. The van der Waals surface area contributed by atoms with E-state index in [1.165, 1.54) is 10.1 Å². The van der Waals surface area contributed by atoms with E-state index < -0.39 is 8.32 Å². The molecule has 0 aliphatic heterocycles. The zero-order valence-electron chi connectivity index (χ0n) is 7.74. The Hall–Kier alpha value is -0.643. The van der Waals surface area contributed by atoms with E-state index in [4.69, 9.17) is 0 Å². The van der Waals surface area contributed by atoms with Gasteiger partial charge in [-0.15, -0.1) is 11.3 Å². The Morgan fingerprint density at radius 3 is 2.54 bits per heavy atom. The SMILES string of the molecule is C[Si](C)(O)c1cc2ccccc2s1. The molecule has 0 aliphatic carbocycles. The van der Waals surface area contributed by atoms with Crippen LogP contribution in [-0.2, 0) is 0 Å². The lowest BCUT2D eigenvalue weighted by molar-refractivity contribution is 0.569. The van der Waals surface area contributed by atoms with Crippen LogP contribution in [0, 0.1) is 0 Å². The van der Waals surface area contributed by atoms with Crippen molar-refractivity contribution in [2.24, 2.45) is 0 Å². The molecule has 1 nitrogen and oxygen atoms in total. The average Bonchev–Trinajstić information content (AvgIpc) is 2.45. The Morgan fingerprint density at radius 1 is 1.23 bits per heavy atom. The van der Waals surface area contributed by atoms with Crippen LogP contribution in [0.4, 0.5) is 0 Å². The first kappa shape index (κ1) is 8.93. The third kappa shape index (κ3) is 1.68. The van der Waals surface area contributed by atoms with Gasteiger partial charge >= 0.3 is 0 Å². The van der Waals surface area contributed by atoms with Crippen LogP contribution in [0.2, 0.25) is 13.1 Å². The minimum absolute atomic E-state index is 1.16. The summed E-state index contributed by atoms with van der Waals surface area (Å²) < 4.78 is 2.43. The molecule has 2 aromatic rings. The lowest BCUT2D eigenvalue weighted by Crippen LogP contribution is -2.38. The molecule has 1 aromatic carbocycles. The molecule has 0 saturated carbocycles. The van der Waals surface area contributed by atoms with Crippen molar-refractivity contribution in [2.75, 3.05) is 0 Å². The summed E-state index contributed by atoms with van der Waals surface area (Å²) in [5, 5.41) is 1.25. The van der Waals surface area contributed by atoms with Crippen molar-refractivity contribution in [2.45, 2.75) is 13.1 Å². The van der Waals surface area contributed by atoms with Gasteiger partial charge in [0.1, 0.15) is 0 Å². The van der Waals surface area contributed by atoms with Gasteiger partial charge in [-0.2, -0.15) is 0 Å². The summed E-state index contributed by atoms with van der Waals surface area (Å²) in [5.74, 6) is 0. The first-order chi connectivity index (χ1) is 6.07. The second-order valence-electron chi connectivity index (χ2n) is 3.71. The van der Waals surface area contributed by atoms with Crippen molar-refractivity contribution < 1.29 is 4.80 Å². The van der Waals surface area contributed by atoms with Gasteiger partial charge in [-0.1, -0.05) is 18.2 Å². The van der Waals surface area contributed by atoms with E-state index in [1.807, 2.05) is 25.2 Å². The zero-order chi connectivity index (χ0) is 9.47. The van der Waals surface area contributed by atoms with Gasteiger partial charge in [0.15, 0.2) is 0 Å². The fourth-order valence-corrected chi connectivity index (χ4v) is 3.94. The van der Waals surface area contributed by atoms with Gasteiger partial charge in [0, 0.05) is 9.20 Å². The summed E-state index contributed by atoms with van der Waals surface area (Å²) in [7, 11) is -2.10. The van der Waals surface area contributed by atoms with E-state index >= 15 is 0 Å². The van der Waals surface area contributed by atoms with Crippen LogP contribution in [0.5, 0.6) is 0 Å². The van der Waals surface area contributed by atoms with Gasteiger partial charge in [0.25, 0.3) is 0 Å². The minimum Gasteiger partial charge on any atom is -0.427 e. The molecule has 1 aromatic heterocycles. The van der Waals surface area contributed by atoms with Crippen LogP contribution in [0.25, 0.3) is 10.1 Å². The highest BCUT2D eigenvalue weighted by atomic mass is 32.1. The molecule has 0 aliphatic rings. The lowest BCUT2D eigenvalue weighted by Gasteiger charge is -2.09. The van der Waals surface area contributed by atoms with E-state index in [1.54, 1.807) is 11.3 Å². The third-order valence-electron chi connectivity index (χ3n) is 2.03. The molecule has 0 radical (unpaired) electrons. The van der Waals surface area contributed by atoms with Crippen LogP contribution >= 0.6 is 11.3 Å². The first-order valence-electron chi connectivity index (χ1n) is 4.29. The molecule has 2 rings (SSSR count). The number of fused-ring (bicyclic) bond motifs is 1. The van der Waals surface area contributed by atoms with E-state index in [2.05, 4.69) is 18.2 Å². The first-order valence-corrected chi connectivity index (χ1v) is 8.05. The molecule has 0 saturated heterocycles. The maximum Gasteiger partial charge on any atom is 0.224 e. The summed E-state index contributed by atoms with van der Waals surface area (Å²) in [6.07, 6.45) is 0. The third-order valence-corrected chi connectivity index (χ3v) is 6.11. The van der Waals surface area contributed by atoms with Gasteiger partial charge in [0.05, 0.1) is 0 Å². The number of rotatable bonds is 1. The lowest BCUT2D eigenvalue weighted by atomic mass is 10.3. The van der Waals surface area contributed by atoms with Crippen LogP contribution < -0.4 is 4.50 Å². The van der Waals surface area contributed by atoms with E-state index in [0.29, 0.717) is 0 Å². The average molecular weight is 208 g/mol. The van der Waals surface area contributed by atoms with Crippen LogP contribution in [0.1, 0.15) is 0 Å². The van der Waals surface area contributed by atoms with Gasteiger partial charge < -0.3 is 4.80 Å². The molecule has 68 valence electrons. The fourth-order valence-electron chi connectivity index (χ4n) is 1.28. The fraction of sp³-hybridized carbons (Fsp3) is 0.200. The number of thiophene rings is 1. The maximum absolute atomic E-state index is 9.94. The molecule has 0 fully saturated rings. The largest absolute Gasteiger partial charge is 0.427 e. The number of hydrogen-bond donors (Lipinski definition) is 1. The highest BCUT2D eigenvalue weighted by molar-refractivity contribution is 7.30. The van der Waals surface area contributed by atoms with Gasteiger partial charge in [0.2, 0.25) is 8.32 Å². The molecule has 0 spiro atoms. The second-order valence-corrected chi connectivity index (χ2v) is 8.81. The Bertz CT molecular complexity index is 395. The Morgan fingerprint density at radius 2 is 1.92 bits per heavy atom. The number of benzene rings is 1. The van der Waals surface area contributed by atoms with Gasteiger partial charge in [-0.3, -0.25) is 0 Å². The Labute approximate surface area is 82.8 Å². The van der Waals surface area contributed by atoms with E-state index in [9.17, 15) is 4.80 Å². The smallest absolute Gasteiger partial charge is 0.224 e. The molecule has 0 amide bonds. The van der Waals surface area contributed by atoms with Crippen LogP contribution in [-0.4, -0.2) is 13.1 Å². The molecule has 0 bridgehead atoms. The van der Waals surface area contributed by atoms with Crippen molar-refractivity contribution in [3.8, 4) is 0 Å². The second kappa shape index (κ2) is 2.94. The molecular weight excluding hydrogens is 196 g/mol. The van der Waals surface area contributed by atoms with Crippen molar-refractivity contribution in [1.82, 2.24) is 0 Å². The predicted molar refractivity (Wildman–Crippen MR) is 61.2 cm³/mol. The quantitative estimate of drug-likeness (QED) is 0.713. The van der Waals surface area contributed by atoms with Crippen molar-refractivity contribution in [3.63, 3.8) is 0 Å². The summed E-state index contributed by atoms with van der Waals surface area (Å²) in [6, 6.07) is 10.4. The maximum atomic E-state index is 9.94. The van der Waals surface area contributed by atoms with Crippen LogP contribution in [0.3, 0.4) is 0 Å². The minimum atomic E-state index is -2.10. The number of hydrogen-bond acceptors (Lipinski definition) is 2. The zero-order valence-corrected chi connectivity index (χ0v) is 9.56. The van der Waals surface area contributed by atoms with Gasteiger partial charge in [-0.25, -0.2) is 0 Å². The topological polar surface area (TPSA) is 20.2 Å². The normalized spacial score (nSPS) is 12.2. The summed E-state index contributed by atoms with van der Waals surface area (Å²) in [4.78, 5) is 9.94. The molecule has 1 N–H and O–H groups in total. The molecular formula is C10H12OSSi. The summed E-state index contributed by atoms with van der Waals surface area (Å²) in [5.41, 5.74) is 0. The summed E-state index contributed by atoms with van der Waals surface area (Å²) in [6.45, 7) is 3.91. The van der Waals surface area contributed by atoms with Crippen molar-refractivity contribution in [3.05, 3.63) is 30.3 Å². The van der Waals surface area contributed by atoms with Crippen LogP contribution in [0.15, 0.2) is 30.3 Å². The molecule has 3 heteroatoms. The molecule has 0 unspecified atom stereocenters. The molecule has 0 atom stereocenters. The summed E-state index contributed by atoms with van der Waals surface area (Å²) >= 11 is 1.72. The molecule has 13 heavy (non-hydrogen) atoms. The standard InChI is InChI=1S/C10H12OSSi/c1-13(2,11)10-7-8-5-3-4-6-9(8)12-10/h3-7,11H,1-2H3. The van der Waals surface area contributed by atoms with E-state index in [-0.39, 0.29) is 0 Å². The monoisotopic (exact) mass is 208 g/mol. The van der Waals surface area contributed by atoms with Crippen molar-refractivity contribution >= 4 is 34.2 Å². The Kier molecular flexibility index (Phi) is 2.02. The predicted octanol–water partition coefficient (Wildman–Crippen LogP) is 2.31. The highest BCUT2D eigenvalue weighted by Gasteiger charge is 2.22. The highest BCUT2D eigenvalue weighted by Crippen LogP contribution is 2.20. The van der Waals surface area contributed by atoms with Gasteiger partial charge in [-0.05, 0) is 30.6 Å². The Balaban J connectivity index is 2.63. The van der Waals surface area contributed by atoms with E-state index in [0.717, 1.165) is 4.50 Å².